The van der Waals surface area contributed by atoms with Crippen LogP contribution in [0.2, 0.25) is 0 Å². The van der Waals surface area contributed by atoms with E-state index >= 15 is 0 Å². The molecule has 1 rings (SSSR count). The smallest absolute Gasteiger partial charge is 0.221 e. The van der Waals surface area contributed by atoms with Gasteiger partial charge in [0.2, 0.25) is 5.91 Å². The van der Waals surface area contributed by atoms with Crippen LogP contribution >= 0.6 is 27.5 Å². The Labute approximate surface area is 120 Å². The SMILES string of the molecule is CC(C)(CNC(=O)CCCl)c1cc(Br)ccc1F. The van der Waals surface area contributed by atoms with Gasteiger partial charge in [-0.15, -0.1) is 11.6 Å². The number of benzene rings is 1. The van der Waals surface area contributed by atoms with Crippen molar-refractivity contribution in [2.75, 3.05) is 12.4 Å². The van der Waals surface area contributed by atoms with E-state index < -0.39 is 5.41 Å². The topological polar surface area (TPSA) is 29.1 Å². The van der Waals surface area contributed by atoms with Crippen LogP contribution < -0.4 is 5.32 Å². The van der Waals surface area contributed by atoms with Gasteiger partial charge in [-0.1, -0.05) is 29.8 Å². The Bertz CT molecular complexity index is 437. The van der Waals surface area contributed by atoms with Crippen molar-refractivity contribution in [2.24, 2.45) is 0 Å². The molecular formula is C13H16BrClFNO. The molecule has 0 saturated carbocycles. The molecule has 1 amide bonds. The Balaban J connectivity index is 2.79. The quantitative estimate of drug-likeness (QED) is 0.818. The third-order valence-corrected chi connectivity index (χ3v) is 3.39. The Morgan fingerprint density at radius 2 is 2.17 bits per heavy atom. The average Bonchev–Trinajstić information content (AvgIpc) is 2.30. The van der Waals surface area contributed by atoms with Gasteiger partial charge < -0.3 is 5.32 Å². The zero-order chi connectivity index (χ0) is 13.8. The van der Waals surface area contributed by atoms with E-state index in [1.165, 1.54) is 6.07 Å². The van der Waals surface area contributed by atoms with Crippen LogP contribution in [0.1, 0.15) is 25.8 Å². The van der Waals surface area contributed by atoms with Crippen molar-refractivity contribution in [1.82, 2.24) is 5.32 Å². The lowest BCUT2D eigenvalue weighted by Crippen LogP contribution is -2.37. The number of carbonyl (C=O) groups excluding carboxylic acids is 1. The summed E-state index contributed by atoms with van der Waals surface area (Å²) in [4.78, 5) is 11.4. The fraction of sp³-hybridized carbons (Fsp3) is 0.462. The molecule has 0 aliphatic carbocycles. The number of carbonyl (C=O) groups is 1. The lowest BCUT2D eigenvalue weighted by Gasteiger charge is -2.26. The summed E-state index contributed by atoms with van der Waals surface area (Å²) in [6, 6.07) is 4.81. The highest BCUT2D eigenvalue weighted by atomic mass is 79.9. The van der Waals surface area contributed by atoms with Gasteiger partial charge in [-0.3, -0.25) is 4.79 Å². The number of hydrogen-bond acceptors (Lipinski definition) is 1. The molecular weight excluding hydrogens is 321 g/mol. The van der Waals surface area contributed by atoms with Gasteiger partial charge in [-0.25, -0.2) is 4.39 Å². The molecule has 1 N–H and O–H groups in total. The lowest BCUT2D eigenvalue weighted by atomic mass is 9.84. The predicted octanol–water partition coefficient (Wildman–Crippen LogP) is 3.61. The monoisotopic (exact) mass is 335 g/mol. The first-order valence-electron chi connectivity index (χ1n) is 5.65. The summed E-state index contributed by atoms with van der Waals surface area (Å²) in [7, 11) is 0. The van der Waals surface area contributed by atoms with Crippen LogP contribution in [0.25, 0.3) is 0 Å². The van der Waals surface area contributed by atoms with E-state index in [1.807, 2.05) is 13.8 Å². The van der Waals surface area contributed by atoms with Gasteiger partial charge in [0.15, 0.2) is 0 Å². The fourth-order valence-corrected chi connectivity index (χ4v) is 2.14. The molecule has 0 radical (unpaired) electrons. The van der Waals surface area contributed by atoms with Gasteiger partial charge in [-0.05, 0) is 23.8 Å². The first kappa shape index (κ1) is 15.4. The van der Waals surface area contributed by atoms with Crippen LogP contribution in [0.4, 0.5) is 4.39 Å². The molecule has 0 aliphatic rings. The van der Waals surface area contributed by atoms with E-state index in [1.54, 1.807) is 12.1 Å². The molecule has 1 aromatic rings. The molecule has 2 nitrogen and oxygen atoms in total. The van der Waals surface area contributed by atoms with Gasteiger partial charge in [0.1, 0.15) is 5.82 Å². The van der Waals surface area contributed by atoms with Crippen molar-refractivity contribution >= 4 is 33.4 Å². The van der Waals surface area contributed by atoms with Crippen LogP contribution in [0.3, 0.4) is 0 Å². The maximum absolute atomic E-state index is 13.8. The summed E-state index contributed by atoms with van der Waals surface area (Å²) in [6.07, 6.45) is 0.276. The maximum Gasteiger partial charge on any atom is 0.221 e. The molecule has 18 heavy (non-hydrogen) atoms. The third-order valence-electron chi connectivity index (χ3n) is 2.71. The Morgan fingerprint density at radius 1 is 1.50 bits per heavy atom. The largest absolute Gasteiger partial charge is 0.355 e. The van der Waals surface area contributed by atoms with E-state index in [4.69, 9.17) is 11.6 Å². The Kier molecular flexibility index (Phi) is 5.60. The molecule has 0 heterocycles. The number of amides is 1. The van der Waals surface area contributed by atoms with Gasteiger partial charge >= 0.3 is 0 Å². The molecule has 100 valence electrons. The number of nitrogens with one attached hydrogen (secondary N) is 1. The molecule has 5 heteroatoms. The molecule has 0 aliphatic heterocycles. The van der Waals surface area contributed by atoms with Crippen LogP contribution in [-0.4, -0.2) is 18.3 Å². The van der Waals surface area contributed by atoms with Crippen LogP contribution in [0.15, 0.2) is 22.7 Å². The second kappa shape index (κ2) is 6.53. The van der Waals surface area contributed by atoms with Crippen molar-refractivity contribution < 1.29 is 9.18 Å². The maximum atomic E-state index is 13.8. The van der Waals surface area contributed by atoms with Gasteiger partial charge in [0.05, 0.1) is 0 Å². The highest BCUT2D eigenvalue weighted by Crippen LogP contribution is 2.27. The Hall–Kier alpha value is -0.610. The molecule has 0 bridgehead atoms. The number of alkyl halides is 1. The van der Waals surface area contributed by atoms with E-state index in [0.29, 0.717) is 12.1 Å². The molecule has 0 atom stereocenters. The minimum Gasteiger partial charge on any atom is -0.355 e. The van der Waals surface area contributed by atoms with Crippen molar-refractivity contribution in [1.29, 1.82) is 0 Å². The summed E-state index contributed by atoms with van der Waals surface area (Å²) in [5, 5.41) is 2.76. The minimum absolute atomic E-state index is 0.117. The van der Waals surface area contributed by atoms with E-state index in [2.05, 4.69) is 21.2 Å². The molecule has 0 saturated heterocycles. The number of hydrogen-bond donors (Lipinski definition) is 1. The summed E-state index contributed by atoms with van der Waals surface area (Å²) in [5.74, 6) is -0.0967. The summed E-state index contributed by atoms with van der Waals surface area (Å²) < 4.78 is 14.6. The van der Waals surface area contributed by atoms with E-state index in [9.17, 15) is 9.18 Å². The number of halogens is 3. The second-order valence-electron chi connectivity index (χ2n) is 4.72. The Morgan fingerprint density at radius 3 is 2.78 bits per heavy atom. The highest BCUT2D eigenvalue weighted by Gasteiger charge is 2.25. The average molecular weight is 337 g/mol. The molecule has 1 aromatic carbocycles. The van der Waals surface area contributed by atoms with Crippen molar-refractivity contribution in [2.45, 2.75) is 25.7 Å². The zero-order valence-corrected chi connectivity index (χ0v) is 12.7. The summed E-state index contributed by atoms with van der Waals surface area (Å²) in [5.41, 5.74) is 0.0959. The molecule has 0 fully saturated rings. The van der Waals surface area contributed by atoms with Gasteiger partial charge in [0.25, 0.3) is 0 Å². The first-order chi connectivity index (χ1) is 8.36. The second-order valence-corrected chi connectivity index (χ2v) is 6.02. The van der Waals surface area contributed by atoms with E-state index in [-0.39, 0.29) is 24.0 Å². The first-order valence-corrected chi connectivity index (χ1v) is 6.98. The number of rotatable bonds is 5. The standard InChI is InChI=1S/C13H16BrClFNO/c1-13(2,8-17-12(18)5-6-15)10-7-9(14)3-4-11(10)16/h3-4,7H,5-6,8H2,1-2H3,(H,17,18). The van der Waals surface area contributed by atoms with Gasteiger partial charge in [-0.2, -0.15) is 0 Å². The third kappa shape index (κ3) is 4.25. The predicted molar refractivity (Wildman–Crippen MR) is 75.5 cm³/mol. The summed E-state index contributed by atoms with van der Waals surface area (Å²) in [6.45, 7) is 4.15. The van der Waals surface area contributed by atoms with Gasteiger partial charge in [0, 0.05) is 28.7 Å². The zero-order valence-electron chi connectivity index (χ0n) is 10.4. The normalized spacial score (nSPS) is 11.4. The lowest BCUT2D eigenvalue weighted by molar-refractivity contribution is -0.120. The van der Waals surface area contributed by atoms with Crippen LogP contribution in [0, 0.1) is 5.82 Å². The summed E-state index contributed by atoms with van der Waals surface area (Å²) >= 11 is 8.80. The van der Waals surface area contributed by atoms with E-state index in [0.717, 1.165) is 4.47 Å². The van der Waals surface area contributed by atoms with Crippen LogP contribution in [0.5, 0.6) is 0 Å². The van der Waals surface area contributed by atoms with Crippen LogP contribution in [-0.2, 0) is 10.2 Å². The molecule has 0 unspecified atom stereocenters. The van der Waals surface area contributed by atoms with Crippen molar-refractivity contribution in [3.8, 4) is 0 Å². The van der Waals surface area contributed by atoms with Crippen molar-refractivity contribution in [3.63, 3.8) is 0 Å². The highest BCUT2D eigenvalue weighted by molar-refractivity contribution is 9.10. The minimum atomic E-state index is -0.476. The molecule has 0 spiro atoms. The molecule has 0 aromatic heterocycles. The fourth-order valence-electron chi connectivity index (χ4n) is 1.61. The van der Waals surface area contributed by atoms with Crippen molar-refractivity contribution in [3.05, 3.63) is 34.1 Å².